The smallest absolute Gasteiger partial charge is 0.142 e. The Morgan fingerprint density at radius 1 is 1.55 bits per heavy atom. The first-order chi connectivity index (χ1) is 5.40. The maximum atomic E-state index is 5.38. The molecule has 0 bridgehead atoms. The van der Waals surface area contributed by atoms with Gasteiger partial charge in [0, 0.05) is 11.8 Å². The average molecular weight is 151 g/mol. The van der Waals surface area contributed by atoms with Crippen LogP contribution in [0.15, 0.2) is 6.20 Å². The fourth-order valence-corrected chi connectivity index (χ4v) is 1.08. The highest BCUT2D eigenvalue weighted by molar-refractivity contribution is 5.18. The highest BCUT2D eigenvalue weighted by Gasteiger charge is 2.12. The normalized spacial score (nSPS) is 15.0. The summed E-state index contributed by atoms with van der Waals surface area (Å²) in [4.78, 5) is 8.26. The molecule has 4 heteroatoms. The van der Waals surface area contributed by atoms with E-state index in [1.54, 1.807) is 6.20 Å². The van der Waals surface area contributed by atoms with Gasteiger partial charge in [-0.15, -0.1) is 0 Å². The van der Waals surface area contributed by atoms with Gasteiger partial charge in [-0.1, -0.05) is 0 Å². The molecule has 58 valence electrons. The third-order valence-corrected chi connectivity index (χ3v) is 1.68. The van der Waals surface area contributed by atoms with E-state index in [0.717, 1.165) is 11.3 Å². The first-order valence-electron chi connectivity index (χ1n) is 3.51. The molecule has 0 fully saturated rings. The molecular formula is C7H9N3O. The van der Waals surface area contributed by atoms with Crippen LogP contribution in [-0.4, -0.2) is 9.97 Å². The van der Waals surface area contributed by atoms with Crippen LogP contribution < -0.4 is 5.73 Å². The summed E-state index contributed by atoms with van der Waals surface area (Å²) in [5.74, 6) is 0.689. The Hall–Kier alpha value is -1.00. The zero-order chi connectivity index (χ0) is 7.68. The average Bonchev–Trinajstić information content (AvgIpc) is 2.50. The number of nitrogens with two attached hydrogens (primary N) is 1. The fraction of sp³-hybridized carbons (Fsp3) is 0.429. The molecule has 0 atom stereocenters. The maximum Gasteiger partial charge on any atom is 0.142 e. The van der Waals surface area contributed by atoms with Crippen molar-refractivity contribution in [1.29, 1.82) is 0 Å². The zero-order valence-corrected chi connectivity index (χ0v) is 6.08. The monoisotopic (exact) mass is 151 g/mol. The number of fused-ring (bicyclic) bond motifs is 1. The van der Waals surface area contributed by atoms with Crippen molar-refractivity contribution in [2.75, 3.05) is 0 Å². The van der Waals surface area contributed by atoms with E-state index in [9.17, 15) is 0 Å². The molecule has 0 aliphatic carbocycles. The van der Waals surface area contributed by atoms with Crippen molar-refractivity contribution >= 4 is 0 Å². The lowest BCUT2D eigenvalue weighted by Gasteiger charge is -1.97. The summed E-state index contributed by atoms with van der Waals surface area (Å²) in [6, 6.07) is 0. The van der Waals surface area contributed by atoms with Crippen molar-refractivity contribution < 1.29 is 4.74 Å². The van der Waals surface area contributed by atoms with E-state index in [1.807, 2.05) is 0 Å². The number of hydrogen-bond acceptors (Lipinski definition) is 4. The second-order valence-electron chi connectivity index (χ2n) is 2.46. The topological polar surface area (TPSA) is 61.0 Å². The lowest BCUT2D eigenvalue weighted by Crippen LogP contribution is -2.04. The van der Waals surface area contributed by atoms with E-state index in [4.69, 9.17) is 10.5 Å². The Morgan fingerprint density at radius 3 is 3.27 bits per heavy atom. The Balaban J connectivity index is 2.41. The quantitative estimate of drug-likeness (QED) is 0.612. The van der Waals surface area contributed by atoms with E-state index in [-0.39, 0.29) is 0 Å². The standard InChI is InChI=1S/C7H9N3O/c8-1-7-9-2-5-3-11-4-6(5)10-7/h2H,1,3-4,8H2. The first kappa shape index (κ1) is 6.69. The molecule has 1 aromatic heterocycles. The van der Waals surface area contributed by atoms with Gasteiger partial charge in [0.05, 0.1) is 25.5 Å². The van der Waals surface area contributed by atoms with E-state index in [2.05, 4.69) is 9.97 Å². The number of aromatic nitrogens is 2. The summed E-state index contributed by atoms with van der Waals surface area (Å²) in [6.07, 6.45) is 1.79. The minimum atomic E-state index is 0.396. The molecule has 0 amide bonds. The van der Waals surface area contributed by atoms with Gasteiger partial charge < -0.3 is 10.5 Å². The minimum absolute atomic E-state index is 0.396. The van der Waals surface area contributed by atoms with Crippen molar-refractivity contribution in [2.24, 2.45) is 5.73 Å². The number of rotatable bonds is 1. The molecule has 2 heterocycles. The molecule has 1 aromatic rings. The number of ether oxygens (including phenoxy) is 1. The summed E-state index contributed by atoms with van der Waals surface area (Å²) in [5, 5.41) is 0. The molecular weight excluding hydrogens is 142 g/mol. The predicted octanol–water partition coefficient (Wildman–Crippen LogP) is -0.0345. The van der Waals surface area contributed by atoms with Gasteiger partial charge in [-0.25, -0.2) is 9.97 Å². The van der Waals surface area contributed by atoms with Gasteiger partial charge in [0.15, 0.2) is 0 Å². The van der Waals surface area contributed by atoms with Gasteiger partial charge in [-0.3, -0.25) is 0 Å². The fourth-order valence-electron chi connectivity index (χ4n) is 1.08. The van der Waals surface area contributed by atoms with Crippen LogP contribution >= 0.6 is 0 Å². The Labute approximate surface area is 64.4 Å². The third-order valence-electron chi connectivity index (χ3n) is 1.68. The zero-order valence-electron chi connectivity index (χ0n) is 6.08. The SMILES string of the molecule is NCc1ncc2c(n1)COC2. The van der Waals surface area contributed by atoms with Crippen LogP contribution in [-0.2, 0) is 24.5 Å². The maximum absolute atomic E-state index is 5.38. The summed E-state index contributed by atoms with van der Waals surface area (Å²) in [5.41, 5.74) is 7.45. The van der Waals surface area contributed by atoms with Crippen LogP contribution in [0.3, 0.4) is 0 Å². The van der Waals surface area contributed by atoms with Crippen molar-refractivity contribution in [3.8, 4) is 0 Å². The molecule has 1 aliphatic heterocycles. The minimum Gasteiger partial charge on any atom is -0.370 e. The van der Waals surface area contributed by atoms with E-state index >= 15 is 0 Å². The molecule has 4 nitrogen and oxygen atoms in total. The number of hydrogen-bond donors (Lipinski definition) is 1. The molecule has 0 saturated carbocycles. The summed E-state index contributed by atoms with van der Waals surface area (Å²) in [6.45, 7) is 1.64. The molecule has 0 spiro atoms. The van der Waals surface area contributed by atoms with Gasteiger partial charge in [0.25, 0.3) is 0 Å². The molecule has 2 rings (SSSR count). The summed E-state index contributed by atoms with van der Waals surface area (Å²) in [7, 11) is 0. The largest absolute Gasteiger partial charge is 0.370 e. The number of nitrogens with zero attached hydrogens (tertiary/aromatic N) is 2. The summed E-state index contributed by atoms with van der Waals surface area (Å²) < 4.78 is 5.17. The van der Waals surface area contributed by atoms with Crippen molar-refractivity contribution in [3.05, 3.63) is 23.3 Å². The first-order valence-corrected chi connectivity index (χ1v) is 3.51. The van der Waals surface area contributed by atoms with Crippen LogP contribution in [0.4, 0.5) is 0 Å². The highest BCUT2D eigenvalue weighted by Crippen LogP contribution is 2.15. The molecule has 1 aliphatic rings. The highest BCUT2D eigenvalue weighted by atomic mass is 16.5. The van der Waals surface area contributed by atoms with Crippen LogP contribution in [0.1, 0.15) is 17.1 Å². The van der Waals surface area contributed by atoms with Gasteiger partial charge in [-0.2, -0.15) is 0 Å². The van der Waals surface area contributed by atoms with Gasteiger partial charge in [-0.05, 0) is 0 Å². The van der Waals surface area contributed by atoms with Crippen LogP contribution in [0, 0.1) is 0 Å². The van der Waals surface area contributed by atoms with Crippen LogP contribution in [0.2, 0.25) is 0 Å². The van der Waals surface area contributed by atoms with E-state index in [1.165, 1.54) is 0 Å². The Bertz CT molecular complexity index is 274. The van der Waals surface area contributed by atoms with Crippen molar-refractivity contribution in [3.63, 3.8) is 0 Å². The van der Waals surface area contributed by atoms with Crippen LogP contribution in [0.5, 0.6) is 0 Å². The van der Waals surface area contributed by atoms with Crippen LogP contribution in [0.25, 0.3) is 0 Å². The van der Waals surface area contributed by atoms with E-state index in [0.29, 0.717) is 25.6 Å². The molecule has 0 aromatic carbocycles. The molecule has 0 saturated heterocycles. The molecule has 0 radical (unpaired) electrons. The second kappa shape index (κ2) is 2.56. The van der Waals surface area contributed by atoms with E-state index < -0.39 is 0 Å². The lowest BCUT2D eigenvalue weighted by molar-refractivity contribution is 0.133. The second-order valence-corrected chi connectivity index (χ2v) is 2.46. The molecule has 11 heavy (non-hydrogen) atoms. The molecule has 2 N–H and O–H groups in total. The van der Waals surface area contributed by atoms with Gasteiger partial charge >= 0.3 is 0 Å². The predicted molar refractivity (Wildman–Crippen MR) is 38.4 cm³/mol. The lowest BCUT2D eigenvalue weighted by atomic mass is 10.3. The molecule has 0 unspecified atom stereocenters. The van der Waals surface area contributed by atoms with Crippen molar-refractivity contribution in [1.82, 2.24) is 9.97 Å². The Morgan fingerprint density at radius 2 is 2.45 bits per heavy atom. The van der Waals surface area contributed by atoms with Crippen molar-refractivity contribution in [2.45, 2.75) is 19.8 Å². The third kappa shape index (κ3) is 1.10. The summed E-state index contributed by atoms with van der Waals surface area (Å²) >= 11 is 0. The van der Waals surface area contributed by atoms with Gasteiger partial charge in [0.2, 0.25) is 0 Å². The van der Waals surface area contributed by atoms with Gasteiger partial charge in [0.1, 0.15) is 5.82 Å². The Kier molecular flexibility index (Phi) is 1.56.